The first-order valence-corrected chi connectivity index (χ1v) is 9.44. The van der Waals surface area contributed by atoms with Crippen molar-refractivity contribution in [1.29, 1.82) is 0 Å². The molecule has 1 aliphatic heterocycles. The molecule has 0 radical (unpaired) electrons. The van der Waals surface area contributed by atoms with Crippen LogP contribution in [0.5, 0.6) is 0 Å². The second-order valence-corrected chi connectivity index (χ2v) is 7.11. The Labute approximate surface area is 155 Å². The number of anilines is 1. The Morgan fingerprint density at radius 1 is 1.46 bits per heavy atom. The fourth-order valence-electron chi connectivity index (χ4n) is 3.15. The van der Waals surface area contributed by atoms with Crippen LogP contribution in [0.3, 0.4) is 0 Å². The molecule has 0 saturated carbocycles. The predicted molar refractivity (Wildman–Crippen MR) is 99.0 cm³/mol. The van der Waals surface area contributed by atoms with Gasteiger partial charge in [0.2, 0.25) is 5.91 Å². The maximum Gasteiger partial charge on any atom is 0.261 e. The molecule has 0 spiro atoms. The third-order valence-electron chi connectivity index (χ3n) is 4.34. The Bertz CT molecular complexity index is 893. The van der Waals surface area contributed by atoms with E-state index >= 15 is 0 Å². The lowest BCUT2D eigenvalue weighted by Gasteiger charge is -2.19. The summed E-state index contributed by atoms with van der Waals surface area (Å²) in [5.74, 6) is 1.93. The molecular weight excluding hydrogens is 350 g/mol. The van der Waals surface area contributed by atoms with Crippen LogP contribution in [-0.4, -0.2) is 40.2 Å². The number of amides is 1. The molecule has 0 unspecified atom stereocenters. The Balaban J connectivity index is 1.43. The number of carbonyl (C=O) groups is 1. The number of rotatable bonds is 5. The van der Waals surface area contributed by atoms with E-state index in [1.807, 2.05) is 29.0 Å². The summed E-state index contributed by atoms with van der Waals surface area (Å²) in [6, 6.07) is 5.88. The fraction of sp³-hybridized carbons (Fsp3) is 0.333. The first-order valence-electron chi connectivity index (χ1n) is 8.50. The minimum absolute atomic E-state index is 0.0593. The Hall–Kier alpha value is -2.74. The Morgan fingerprint density at radius 2 is 2.38 bits per heavy atom. The fourth-order valence-corrected chi connectivity index (χ4v) is 3.82. The van der Waals surface area contributed by atoms with E-state index in [9.17, 15) is 4.79 Å². The van der Waals surface area contributed by atoms with Gasteiger partial charge in [0.1, 0.15) is 5.82 Å². The summed E-state index contributed by atoms with van der Waals surface area (Å²) in [4.78, 5) is 23.2. The largest absolute Gasteiger partial charge is 0.354 e. The third kappa shape index (κ3) is 3.60. The molecule has 1 saturated heterocycles. The molecule has 0 aromatic carbocycles. The van der Waals surface area contributed by atoms with Crippen LogP contribution in [0, 0.1) is 6.92 Å². The zero-order valence-corrected chi connectivity index (χ0v) is 15.2. The molecule has 3 aromatic heterocycles. The quantitative estimate of drug-likeness (QED) is 0.744. The number of thiophene rings is 1. The van der Waals surface area contributed by atoms with Crippen molar-refractivity contribution in [3.05, 3.63) is 46.5 Å². The molecule has 4 heterocycles. The van der Waals surface area contributed by atoms with Gasteiger partial charge in [-0.05, 0) is 47.9 Å². The van der Waals surface area contributed by atoms with Gasteiger partial charge in [0.25, 0.3) is 5.89 Å². The summed E-state index contributed by atoms with van der Waals surface area (Å²) in [7, 11) is 0. The van der Waals surface area contributed by atoms with Gasteiger partial charge in [-0.1, -0.05) is 5.16 Å². The number of aryl methyl sites for hydroxylation is 1. The zero-order valence-electron chi connectivity index (χ0n) is 14.4. The van der Waals surface area contributed by atoms with Crippen molar-refractivity contribution >= 4 is 23.1 Å². The lowest BCUT2D eigenvalue weighted by Crippen LogP contribution is -2.38. The summed E-state index contributed by atoms with van der Waals surface area (Å²) in [6.45, 7) is 3.32. The van der Waals surface area contributed by atoms with E-state index in [4.69, 9.17) is 4.52 Å². The molecular formula is C18H19N5O2S. The normalized spacial score (nSPS) is 16.8. The topological polar surface area (TPSA) is 84.2 Å². The van der Waals surface area contributed by atoms with Crippen LogP contribution >= 0.6 is 11.3 Å². The molecule has 1 aliphatic rings. The van der Waals surface area contributed by atoms with Crippen LogP contribution in [0.4, 0.5) is 5.82 Å². The van der Waals surface area contributed by atoms with Crippen molar-refractivity contribution in [1.82, 2.24) is 20.4 Å². The van der Waals surface area contributed by atoms with Crippen molar-refractivity contribution in [3.63, 3.8) is 0 Å². The van der Waals surface area contributed by atoms with Crippen LogP contribution in [0.15, 0.2) is 39.7 Å². The van der Waals surface area contributed by atoms with Crippen LogP contribution in [0.25, 0.3) is 11.5 Å². The number of hydrogen-bond acceptors (Lipinski definition) is 7. The van der Waals surface area contributed by atoms with Crippen LogP contribution in [-0.2, 0) is 11.2 Å². The molecule has 1 fully saturated rings. The minimum atomic E-state index is 0.0593. The molecule has 1 amide bonds. The van der Waals surface area contributed by atoms with E-state index in [0.29, 0.717) is 24.7 Å². The molecule has 7 nitrogen and oxygen atoms in total. The lowest BCUT2D eigenvalue weighted by molar-refractivity contribution is -0.121. The first kappa shape index (κ1) is 16.7. The Morgan fingerprint density at radius 3 is 3.15 bits per heavy atom. The van der Waals surface area contributed by atoms with Crippen LogP contribution in [0.2, 0.25) is 0 Å². The summed E-state index contributed by atoms with van der Waals surface area (Å²) in [6.07, 6.45) is 3.06. The summed E-state index contributed by atoms with van der Waals surface area (Å²) in [5, 5.41) is 11.0. The van der Waals surface area contributed by atoms with Gasteiger partial charge in [-0.2, -0.15) is 16.3 Å². The smallest absolute Gasteiger partial charge is 0.261 e. The van der Waals surface area contributed by atoms with Crippen molar-refractivity contribution in [2.24, 2.45) is 0 Å². The number of nitrogens with zero attached hydrogens (tertiary/aromatic N) is 4. The molecule has 0 bridgehead atoms. The zero-order chi connectivity index (χ0) is 17.9. The maximum atomic E-state index is 12.2. The SMILES string of the molecule is Cc1noc(-c2cccnc2N2CC[C@@H](NC(=O)Cc3ccsc3)C2)n1. The molecule has 26 heavy (non-hydrogen) atoms. The standard InChI is InChI=1S/C18H19N5O2S/c1-12-20-18(25-22-12)15-3-2-6-19-17(15)23-7-4-14(10-23)21-16(24)9-13-5-8-26-11-13/h2-3,5-6,8,11,14H,4,7,9-10H2,1H3,(H,21,24)/t14-/m1/s1. The highest BCUT2D eigenvalue weighted by Gasteiger charge is 2.27. The molecule has 8 heteroatoms. The second-order valence-electron chi connectivity index (χ2n) is 6.33. The van der Waals surface area contributed by atoms with Gasteiger partial charge in [0, 0.05) is 25.3 Å². The van der Waals surface area contributed by atoms with Gasteiger partial charge in [-0.15, -0.1) is 0 Å². The minimum Gasteiger partial charge on any atom is -0.354 e. The molecule has 134 valence electrons. The van der Waals surface area contributed by atoms with Gasteiger partial charge in [0.15, 0.2) is 5.82 Å². The van der Waals surface area contributed by atoms with Crippen molar-refractivity contribution in [2.45, 2.75) is 25.8 Å². The number of carbonyl (C=O) groups excluding carboxylic acids is 1. The monoisotopic (exact) mass is 369 g/mol. The van der Waals surface area contributed by atoms with Crippen LogP contribution in [0.1, 0.15) is 17.8 Å². The van der Waals surface area contributed by atoms with Gasteiger partial charge in [-0.25, -0.2) is 4.98 Å². The van der Waals surface area contributed by atoms with E-state index in [0.717, 1.165) is 29.9 Å². The highest BCUT2D eigenvalue weighted by molar-refractivity contribution is 7.08. The first-order chi connectivity index (χ1) is 12.7. The van der Waals surface area contributed by atoms with Gasteiger partial charge in [0.05, 0.1) is 12.0 Å². The number of pyridine rings is 1. The molecule has 4 rings (SSSR count). The molecule has 1 atom stereocenters. The van der Waals surface area contributed by atoms with E-state index < -0.39 is 0 Å². The van der Waals surface area contributed by atoms with Crippen LogP contribution < -0.4 is 10.2 Å². The summed E-state index contributed by atoms with van der Waals surface area (Å²) in [5.41, 5.74) is 1.87. The van der Waals surface area contributed by atoms with E-state index in [2.05, 4.69) is 25.3 Å². The van der Waals surface area contributed by atoms with Gasteiger partial charge >= 0.3 is 0 Å². The van der Waals surface area contributed by atoms with Gasteiger partial charge in [-0.3, -0.25) is 4.79 Å². The third-order valence-corrected chi connectivity index (χ3v) is 5.07. The molecule has 1 N–H and O–H groups in total. The summed E-state index contributed by atoms with van der Waals surface area (Å²) < 4.78 is 5.30. The van der Waals surface area contributed by atoms with Crippen molar-refractivity contribution in [3.8, 4) is 11.5 Å². The van der Waals surface area contributed by atoms with E-state index in [-0.39, 0.29) is 11.9 Å². The van der Waals surface area contributed by atoms with E-state index in [1.54, 1.807) is 24.5 Å². The predicted octanol–water partition coefficient (Wildman–Crippen LogP) is 2.44. The molecule has 0 aliphatic carbocycles. The lowest BCUT2D eigenvalue weighted by atomic mass is 10.2. The highest BCUT2D eigenvalue weighted by Crippen LogP contribution is 2.29. The second kappa shape index (κ2) is 7.25. The highest BCUT2D eigenvalue weighted by atomic mass is 32.1. The average molecular weight is 369 g/mol. The number of hydrogen-bond donors (Lipinski definition) is 1. The maximum absolute atomic E-state index is 12.2. The Kier molecular flexibility index (Phi) is 4.66. The van der Waals surface area contributed by atoms with E-state index in [1.165, 1.54) is 0 Å². The number of nitrogens with one attached hydrogen (secondary N) is 1. The van der Waals surface area contributed by atoms with Gasteiger partial charge < -0.3 is 14.7 Å². The van der Waals surface area contributed by atoms with Crippen molar-refractivity contribution < 1.29 is 9.32 Å². The van der Waals surface area contributed by atoms with Crippen molar-refractivity contribution in [2.75, 3.05) is 18.0 Å². The summed E-state index contributed by atoms with van der Waals surface area (Å²) >= 11 is 1.61. The molecule has 3 aromatic rings. The average Bonchev–Trinajstić information content (AvgIpc) is 3.37. The number of aromatic nitrogens is 3.